The lowest BCUT2D eigenvalue weighted by molar-refractivity contribution is -0.142. The second-order valence-corrected chi connectivity index (χ2v) is 7.69. The second-order valence-electron chi connectivity index (χ2n) is 7.69. The lowest BCUT2D eigenvalue weighted by Crippen LogP contribution is -2.21. The van der Waals surface area contributed by atoms with E-state index >= 15 is 0 Å². The number of rotatable bonds is 4. The molecule has 0 saturated heterocycles. The Morgan fingerprint density at radius 2 is 1.91 bits per heavy atom. The predicted molar refractivity (Wildman–Crippen MR) is 117 cm³/mol. The largest absolute Gasteiger partial charge is 0.433 e. The number of anilines is 2. The Hall–Kier alpha value is -3.99. The first-order valence-electron chi connectivity index (χ1n) is 10.0. The molecule has 2 aromatic heterocycles. The van der Waals surface area contributed by atoms with Crippen molar-refractivity contribution in [3.05, 3.63) is 77.1 Å². The van der Waals surface area contributed by atoms with Crippen LogP contribution in [0.4, 0.5) is 29.1 Å². The van der Waals surface area contributed by atoms with Crippen molar-refractivity contribution < 1.29 is 27.5 Å². The van der Waals surface area contributed by atoms with Gasteiger partial charge in [0.1, 0.15) is 34.4 Å². The van der Waals surface area contributed by atoms with Crippen molar-refractivity contribution in [3.8, 4) is 11.3 Å². The molecule has 34 heavy (non-hydrogen) atoms. The highest BCUT2D eigenvalue weighted by Gasteiger charge is 2.36. The van der Waals surface area contributed by atoms with Crippen molar-refractivity contribution in [1.29, 1.82) is 0 Å². The summed E-state index contributed by atoms with van der Waals surface area (Å²) in [5.41, 5.74) is 6.63. The molecule has 1 amide bonds. The molecule has 0 radical (unpaired) electrons. The molecule has 4 aromatic rings. The molecular formula is C23H19F4N5O2. The maximum atomic E-state index is 13.5. The summed E-state index contributed by atoms with van der Waals surface area (Å²) in [5.74, 6) is -1.39. The minimum absolute atomic E-state index is 0.0220. The Kier molecular flexibility index (Phi) is 5.74. The fourth-order valence-corrected chi connectivity index (χ4v) is 3.75. The zero-order chi connectivity index (χ0) is 24.8. The van der Waals surface area contributed by atoms with E-state index in [1.165, 1.54) is 31.2 Å². The van der Waals surface area contributed by atoms with Crippen molar-refractivity contribution in [2.24, 2.45) is 0 Å². The summed E-state index contributed by atoms with van der Waals surface area (Å²) in [4.78, 5) is 20.4. The van der Waals surface area contributed by atoms with Gasteiger partial charge in [-0.2, -0.15) is 13.2 Å². The van der Waals surface area contributed by atoms with E-state index < -0.39 is 29.7 Å². The number of nitrogens with two attached hydrogens (primary N) is 1. The molecule has 0 saturated carbocycles. The number of carbonyl (C=O) groups excluding carboxylic acids is 1. The summed E-state index contributed by atoms with van der Waals surface area (Å²) >= 11 is 0. The second kappa shape index (κ2) is 8.41. The van der Waals surface area contributed by atoms with Gasteiger partial charge in [0.05, 0.1) is 6.20 Å². The standard InChI is InChI=1S/C23H19F4N5O2/c1-11-8-15(31-22(34)20(33)13-4-3-5-14(24)9-13)6-7-16(11)18-19-21(28)29-10-17(23(25,26)27)32(19)12(2)30-18/h3-10,20,33H,1-2H3,(H2,28,29)(H,31,34). The lowest BCUT2D eigenvalue weighted by atomic mass is 10.0. The Bertz CT molecular complexity index is 1410. The quantitative estimate of drug-likeness (QED) is 0.381. The first-order valence-corrected chi connectivity index (χ1v) is 10.0. The zero-order valence-electron chi connectivity index (χ0n) is 18.0. The van der Waals surface area contributed by atoms with Crippen molar-refractivity contribution >= 4 is 22.9 Å². The number of fused-ring (bicyclic) bond motifs is 1. The third-order valence-corrected chi connectivity index (χ3v) is 5.31. The number of hydrogen-bond donors (Lipinski definition) is 3. The highest BCUT2D eigenvalue weighted by Crippen LogP contribution is 2.36. The number of nitrogens with zero attached hydrogens (tertiary/aromatic N) is 3. The van der Waals surface area contributed by atoms with Gasteiger partial charge in [0, 0.05) is 11.3 Å². The van der Waals surface area contributed by atoms with Crippen LogP contribution in [0.3, 0.4) is 0 Å². The van der Waals surface area contributed by atoms with Gasteiger partial charge in [0.2, 0.25) is 0 Å². The van der Waals surface area contributed by atoms with Crippen molar-refractivity contribution in [2.75, 3.05) is 11.1 Å². The first-order chi connectivity index (χ1) is 16.0. The monoisotopic (exact) mass is 473 g/mol. The summed E-state index contributed by atoms with van der Waals surface area (Å²) in [6.45, 7) is 3.12. The smallest absolute Gasteiger partial charge is 0.382 e. The van der Waals surface area contributed by atoms with Gasteiger partial charge in [-0.1, -0.05) is 18.2 Å². The van der Waals surface area contributed by atoms with Crippen LogP contribution in [-0.2, 0) is 11.0 Å². The Morgan fingerprint density at radius 1 is 1.18 bits per heavy atom. The van der Waals surface area contributed by atoms with E-state index in [2.05, 4.69) is 15.3 Å². The van der Waals surface area contributed by atoms with E-state index in [0.29, 0.717) is 23.0 Å². The van der Waals surface area contributed by atoms with Crippen LogP contribution in [0.25, 0.3) is 16.8 Å². The van der Waals surface area contributed by atoms with Crippen LogP contribution in [-0.4, -0.2) is 25.4 Å². The topological polar surface area (TPSA) is 106 Å². The summed E-state index contributed by atoms with van der Waals surface area (Å²) in [6, 6.07) is 9.69. The maximum absolute atomic E-state index is 13.5. The average Bonchev–Trinajstić information content (AvgIpc) is 3.10. The van der Waals surface area contributed by atoms with Crippen LogP contribution in [0.5, 0.6) is 0 Å². The molecule has 0 aliphatic heterocycles. The first kappa shape index (κ1) is 23.2. The molecule has 4 N–H and O–H groups in total. The Morgan fingerprint density at radius 3 is 2.56 bits per heavy atom. The van der Waals surface area contributed by atoms with E-state index in [0.717, 1.165) is 10.5 Å². The summed E-state index contributed by atoms with van der Waals surface area (Å²) in [5, 5.41) is 12.8. The number of alkyl halides is 3. The molecule has 4 rings (SSSR count). The number of carbonyl (C=O) groups is 1. The molecule has 0 aliphatic rings. The lowest BCUT2D eigenvalue weighted by Gasteiger charge is -2.14. The van der Waals surface area contributed by atoms with E-state index in [9.17, 15) is 27.5 Å². The number of aliphatic hydroxyl groups is 1. The predicted octanol–water partition coefficient (Wildman–Crippen LogP) is 4.43. The van der Waals surface area contributed by atoms with Crippen LogP contribution >= 0.6 is 0 Å². The van der Waals surface area contributed by atoms with Gasteiger partial charge in [0.25, 0.3) is 5.91 Å². The van der Waals surface area contributed by atoms with Gasteiger partial charge in [-0.3, -0.25) is 9.20 Å². The molecule has 1 atom stereocenters. The van der Waals surface area contributed by atoms with Gasteiger partial charge in [-0.25, -0.2) is 14.4 Å². The van der Waals surface area contributed by atoms with E-state index in [4.69, 9.17) is 5.73 Å². The number of halogens is 4. The molecule has 1 unspecified atom stereocenters. The minimum atomic E-state index is -4.66. The number of nitrogens with one attached hydrogen (secondary N) is 1. The third-order valence-electron chi connectivity index (χ3n) is 5.31. The number of hydrogen-bond acceptors (Lipinski definition) is 5. The molecule has 2 heterocycles. The molecule has 7 nitrogen and oxygen atoms in total. The van der Waals surface area contributed by atoms with Crippen molar-refractivity contribution in [1.82, 2.24) is 14.4 Å². The highest BCUT2D eigenvalue weighted by molar-refractivity contribution is 5.95. The number of aliphatic hydroxyl groups excluding tert-OH is 1. The van der Waals surface area contributed by atoms with E-state index in [-0.39, 0.29) is 28.4 Å². The summed E-state index contributed by atoms with van der Waals surface area (Å²) < 4.78 is 54.8. The number of aromatic nitrogens is 3. The van der Waals surface area contributed by atoms with Crippen molar-refractivity contribution in [3.63, 3.8) is 0 Å². The molecule has 2 aromatic carbocycles. The number of benzene rings is 2. The van der Waals surface area contributed by atoms with Crippen LogP contribution in [0.1, 0.15) is 28.7 Å². The van der Waals surface area contributed by atoms with Crippen LogP contribution in [0.2, 0.25) is 0 Å². The van der Waals surface area contributed by atoms with Gasteiger partial charge in [-0.05, 0) is 49.2 Å². The fraction of sp³-hybridized carbons (Fsp3) is 0.174. The van der Waals surface area contributed by atoms with Gasteiger partial charge >= 0.3 is 6.18 Å². The van der Waals surface area contributed by atoms with Crippen molar-refractivity contribution in [2.45, 2.75) is 26.1 Å². The van der Waals surface area contributed by atoms with Crippen LogP contribution in [0, 0.1) is 19.7 Å². The van der Waals surface area contributed by atoms with Crippen LogP contribution in [0.15, 0.2) is 48.7 Å². The zero-order valence-corrected chi connectivity index (χ0v) is 18.0. The van der Waals surface area contributed by atoms with Gasteiger partial charge < -0.3 is 16.2 Å². The average molecular weight is 473 g/mol. The summed E-state index contributed by atoms with van der Waals surface area (Å²) in [7, 11) is 0. The molecule has 176 valence electrons. The number of nitrogen functional groups attached to an aromatic ring is 1. The van der Waals surface area contributed by atoms with Gasteiger partial charge in [0.15, 0.2) is 6.10 Å². The fourth-order valence-electron chi connectivity index (χ4n) is 3.75. The number of imidazole rings is 1. The molecule has 0 fully saturated rings. The number of amides is 1. The normalized spacial score (nSPS) is 12.7. The maximum Gasteiger partial charge on any atom is 0.433 e. The van der Waals surface area contributed by atoms with Crippen LogP contribution < -0.4 is 11.1 Å². The summed E-state index contributed by atoms with van der Waals surface area (Å²) in [6.07, 6.45) is -5.59. The highest BCUT2D eigenvalue weighted by atomic mass is 19.4. The van der Waals surface area contributed by atoms with Gasteiger partial charge in [-0.15, -0.1) is 0 Å². The SMILES string of the molecule is Cc1cc(NC(=O)C(O)c2cccc(F)c2)ccc1-c1nc(C)n2c(C(F)(F)F)cnc(N)c12. The minimum Gasteiger partial charge on any atom is -0.382 e. The number of aryl methyl sites for hydroxylation is 2. The molecule has 11 heteroatoms. The molecular weight excluding hydrogens is 454 g/mol. The van der Waals surface area contributed by atoms with E-state index in [1.54, 1.807) is 19.1 Å². The third kappa shape index (κ3) is 4.17. The Labute approximate surface area is 190 Å². The van der Waals surface area contributed by atoms with E-state index in [1.807, 2.05) is 0 Å². The Balaban J connectivity index is 1.69. The molecule has 0 aliphatic carbocycles. The molecule has 0 spiro atoms. The molecule has 0 bridgehead atoms.